The summed E-state index contributed by atoms with van der Waals surface area (Å²) in [7, 11) is 0. The molecule has 2 aromatic rings. The fraction of sp³-hybridized carbons (Fsp3) is 0.526. The Labute approximate surface area is 153 Å². The van der Waals surface area contributed by atoms with Gasteiger partial charge in [0.05, 0.1) is 17.5 Å². The highest BCUT2D eigenvalue weighted by atomic mass is 16.6. The van der Waals surface area contributed by atoms with Crippen molar-refractivity contribution in [2.24, 2.45) is 0 Å². The molecule has 138 valence electrons. The number of nitrogens with zero attached hydrogens (tertiary/aromatic N) is 4. The Kier molecular flexibility index (Phi) is 4.77. The molecule has 7 heteroatoms. The first kappa shape index (κ1) is 18.1. The number of carbonyl (C=O) groups excluding carboxylic acids is 1. The van der Waals surface area contributed by atoms with Crippen molar-refractivity contribution in [2.75, 3.05) is 18.8 Å². The van der Waals surface area contributed by atoms with Crippen LogP contribution in [0.4, 0.5) is 10.6 Å². The minimum Gasteiger partial charge on any atom is -0.444 e. The fourth-order valence-electron chi connectivity index (χ4n) is 3.15. The highest BCUT2D eigenvalue weighted by Gasteiger charge is 2.29. The first-order valence-corrected chi connectivity index (χ1v) is 8.83. The zero-order chi connectivity index (χ0) is 18.9. The van der Waals surface area contributed by atoms with Crippen LogP contribution in [0.1, 0.15) is 57.7 Å². The number of amides is 1. The van der Waals surface area contributed by atoms with Crippen LogP contribution in [0.2, 0.25) is 0 Å². The van der Waals surface area contributed by atoms with Gasteiger partial charge in [0.15, 0.2) is 5.65 Å². The minimum atomic E-state index is -0.503. The van der Waals surface area contributed by atoms with Gasteiger partial charge in [-0.1, -0.05) is 5.92 Å². The summed E-state index contributed by atoms with van der Waals surface area (Å²) >= 11 is 0. The van der Waals surface area contributed by atoms with Crippen molar-refractivity contribution in [1.29, 1.82) is 0 Å². The molecule has 1 saturated heterocycles. The molecule has 2 aromatic heterocycles. The fourth-order valence-corrected chi connectivity index (χ4v) is 3.15. The molecule has 2 N–H and O–H groups in total. The largest absolute Gasteiger partial charge is 0.444 e. The molecule has 0 radical (unpaired) electrons. The number of aromatic nitrogens is 3. The third-order valence-electron chi connectivity index (χ3n) is 4.27. The number of rotatable bonds is 1. The smallest absolute Gasteiger partial charge is 0.410 e. The van der Waals surface area contributed by atoms with Gasteiger partial charge >= 0.3 is 6.09 Å². The summed E-state index contributed by atoms with van der Waals surface area (Å²) in [5, 5.41) is 4.25. The van der Waals surface area contributed by atoms with E-state index in [2.05, 4.69) is 16.9 Å². The average molecular weight is 355 g/mol. The molecular weight excluding hydrogens is 330 g/mol. The Morgan fingerprint density at radius 2 is 2.19 bits per heavy atom. The highest BCUT2D eigenvalue weighted by molar-refractivity contribution is 5.68. The summed E-state index contributed by atoms with van der Waals surface area (Å²) < 4.78 is 7.10. The quantitative estimate of drug-likeness (QED) is 0.795. The van der Waals surface area contributed by atoms with E-state index in [-0.39, 0.29) is 12.0 Å². The van der Waals surface area contributed by atoms with Crippen molar-refractivity contribution in [3.8, 4) is 11.8 Å². The van der Waals surface area contributed by atoms with Crippen LogP contribution >= 0.6 is 0 Å². The van der Waals surface area contributed by atoms with Crippen molar-refractivity contribution < 1.29 is 9.53 Å². The highest BCUT2D eigenvalue weighted by Crippen LogP contribution is 2.28. The van der Waals surface area contributed by atoms with E-state index in [4.69, 9.17) is 15.5 Å². The number of carbonyl (C=O) groups is 1. The van der Waals surface area contributed by atoms with Gasteiger partial charge in [0, 0.05) is 25.1 Å². The van der Waals surface area contributed by atoms with Crippen molar-refractivity contribution in [3.05, 3.63) is 23.5 Å². The van der Waals surface area contributed by atoms with Crippen LogP contribution in [0.15, 0.2) is 12.3 Å². The zero-order valence-electron chi connectivity index (χ0n) is 15.7. The molecule has 0 spiro atoms. The van der Waals surface area contributed by atoms with Crippen LogP contribution in [0.5, 0.6) is 0 Å². The van der Waals surface area contributed by atoms with E-state index in [1.54, 1.807) is 22.5 Å². The molecule has 3 heterocycles. The average Bonchev–Trinajstić information content (AvgIpc) is 2.97. The van der Waals surface area contributed by atoms with Gasteiger partial charge in [-0.15, -0.1) is 5.92 Å². The first-order chi connectivity index (χ1) is 12.3. The van der Waals surface area contributed by atoms with Crippen LogP contribution < -0.4 is 5.73 Å². The molecule has 26 heavy (non-hydrogen) atoms. The van der Waals surface area contributed by atoms with Gasteiger partial charge in [-0.25, -0.2) is 9.78 Å². The summed E-state index contributed by atoms with van der Waals surface area (Å²) in [5.74, 6) is 6.50. The number of hydrogen-bond donors (Lipinski definition) is 1. The monoisotopic (exact) mass is 355 g/mol. The van der Waals surface area contributed by atoms with E-state index in [9.17, 15) is 4.79 Å². The normalized spacial score (nSPS) is 17.7. The van der Waals surface area contributed by atoms with Gasteiger partial charge < -0.3 is 15.4 Å². The zero-order valence-corrected chi connectivity index (χ0v) is 15.7. The minimum absolute atomic E-state index is 0.112. The van der Waals surface area contributed by atoms with Gasteiger partial charge in [-0.05, 0) is 40.5 Å². The van der Waals surface area contributed by atoms with Gasteiger partial charge in [0.25, 0.3) is 0 Å². The number of likely N-dealkylation sites (tertiary alicyclic amines) is 1. The molecule has 1 fully saturated rings. The third-order valence-corrected chi connectivity index (χ3v) is 4.27. The topological polar surface area (TPSA) is 85.8 Å². The standard InChI is InChI=1S/C19H25N5O2/c1-5-7-13-11-21-24-16(20)10-15(22-17(13)24)14-8-6-9-23(12-14)18(25)26-19(2,3)4/h10-11,14H,6,8-9,12,20H2,1-4H3. The van der Waals surface area contributed by atoms with Gasteiger partial charge in [-0.3, -0.25) is 0 Å². The Bertz CT molecular complexity index is 885. The van der Waals surface area contributed by atoms with Crippen LogP contribution in [-0.4, -0.2) is 44.3 Å². The number of ether oxygens (including phenoxy) is 1. The van der Waals surface area contributed by atoms with Crippen LogP contribution in [0.3, 0.4) is 0 Å². The maximum Gasteiger partial charge on any atom is 0.410 e. The van der Waals surface area contributed by atoms with Crippen molar-refractivity contribution in [2.45, 2.75) is 52.1 Å². The lowest BCUT2D eigenvalue weighted by Gasteiger charge is -2.34. The van der Waals surface area contributed by atoms with Crippen molar-refractivity contribution in [3.63, 3.8) is 0 Å². The molecule has 0 saturated carbocycles. The summed E-state index contributed by atoms with van der Waals surface area (Å²) in [5.41, 5.74) is 7.93. The maximum atomic E-state index is 12.4. The summed E-state index contributed by atoms with van der Waals surface area (Å²) in [6, 6.07) is 1.84. The second-order valence-electron chi connectivity index (χ2n) is 7.54. The van der Waals surface area contributed by atoms with E-state index in [0.29, 0.717) is 24.6 Å². The Balaban J connectivity index is 1.87. The molecule has 3 rings (SSSR count). The predicted molar refractivity (Wildman–Crippen MR) is 99.7 cm³/mol. The SMILES string of the molecule is CC#Cc1cnn2c(N)cc(C3CCCN(C(=O)OC(C)(C)C)C3)nc12. The molecule has 0 aromatic carbocycles. The number of anilines is 1. The van der Waals surface area contributed by atoms with E-state index in [1.807, 2.05) is 26.8 Å². The molecule has 1 unspecified atom stereocenters. The van der Waals surface area contributed by atoms with Crippen molar-refractivity contribution >= 4 is 17.6 Å². The molecule has 1 amide bonds. The van der Waals surface area contributed by atoms with E-state index >= 15 is 0 Å². The second-order valence-corrected chi connectivity index (χ2v) is 7.54. The number of nitrogen functional groups attached to an aromatic ring is 1. The first-order valence-electron chi connectivity index (χ1n) is 8.83. The van der Waals surface area contributed by atoms with E-state index < -0.39 is 5.60 Å². The van der Waals surface area contributed by atoms with Crippen LogP contribution in [0.25, 0.3) is 5.65 Å². The van der Waals surface area contributed by atoms with E-state index in [1.165, 1.54) is 0 Å². The van der Waals surface area contributed by atoms with Crippen LogP contribution in [-0.2, 0) is 4.74 Å². The Morgan fingerprint density at radius 1 is 1.42 bits per heavy atom. The van der Waals surface area contributed by atoms with E-state index in [0.717, 1.165) is 24.1 Å². The maximum absolute atomic E-state index is 12.4. The lowest BCUT2D eigenvalue weighted by Crippen LogP contribution is -2.42. The summed E-state index contributed by atoms with van der Waals surface area (Å²) in [6.07, 6.45) is 3.24. The lowest BCUT2D eigenvalue weighted by molar-refractivity contribution is 0.0197. The Hall–Kier alpha value is -2.75. The second kappa shape index (κ2) is 6.87. The summed E-state index contributed by atoms with van der Waals surface area (Å²) in [6.45, 7) is 8.66. The number of nitrogens with two attached hydrogens (primary N) is 1. The molecular formula is C19H25N5O2. The summed E-state index contributed by atoms with van der Waals surface area (Å²) in [4.78, 5) is 18.9. The predicted octanol–water partition coefficient (Wildman–Crippen LogP) is 2.80. The van der Waals surface area contributed by atoms with Crippen LogP contribution in [0, 0.1) is 11.8 Å². The van der Waals surface area contributed by atoms with Crippen molar-refractivity contribution in [1.82, 2.24) is 19.5 Å². The molecule has 0 bridgehead atoms. The number of fused-ring (bicyclic) bond motifs is 1. The Morgan fingerprint density at radius 3 is 2.88 bits per heavy atom. The molecule has 0 aliphatic carbocycles. The lowest BCUT2D eigenvalue weighted by atomic mass is 9.94. The molecule has 7 nitrogen and oxygen atoms in total. The van der Waals surface area contributed by atoms with Gasteiger partial charge in [0.1, 0.15) is 11.4 Å². The number of hydrogen-bond acceptors (Lipinski definition) is 5. The molecule has 1 aliphatic heterocycles. The number of piperidine rings is 1. The molecule has 1 atom stereocenters. The third kappa shape index (κ3) is 3.74. The van der Waals surface area contributed by atoms with Gasteiger partial charge in [0.2, 0.25) is 0 Å². The van der Waals surface area contributed by atoms with Gasteiger partial charge in [-0.2, -0.15) is 9.61 Å². The molecule has 1 aliphatic rings.